The first-order chi connectivity index (χ1) is 7.62. The van der Waals surface area contributed by atoms with E-state index in [1.165, 1.54) is 16.7 Å². The Bertz CT molecular complexity index is 383. The molecular formula is C16H27N. The Kier molecular flexibility index (Phi) is 4.03. The highest BCUT2D eigenvalue weighted by molar-refractivity contribution is 5.35. The number of aryl methyl sites for hydroxylation is 2. The summed E-state index contributed by atoms with van der Waals surface area (Å²) in [5, 5.41) is 0. The van der Waals surface area contributed by atoms with Gasteiger partial charge in [0.15, 0.2) is 0 Å². The van der Waals surface area contributed by atoms with Crippen LogP contribution in [0.4, 0.5) is 0 Å². The summed E-state index contributed by atoms with van der Waals surface area (Å²) in [6.45, 7) is 13.2. The molecule has 0 aliphatic rings. The van der Waals surface area contributed by atoms with Gasteiger partial charge in [0.1, 0.15) is 0 Å². The summed E-state index contributed by atoms with van der Waals surface area (Å²) >= 11 is 0. The first-order valence-electron chi connectivity index (χ1n) is 6.48. The zero-order valence-corrected chi connectivity index (χ0v) is 12.2. The quantitative estimate of drug-likeness (QED) is 0.827. The summed E-state index contributed by atoms with van der Waals surface area (Å²) < 4.78 is 0. The number of hydrogen-bond donors (Lipinski definition) is 1. The Labute approximate surface area is 106 Å². The molecule has 0 heterocycles. The number of rotatable bonds is 3. The van der Waals surface area contributed by atoms with Crippen molar-refractivity contribution in [1.29, 1.82) is 0 Å². The van der Waals surface area contributed by atoms with Gasteiger partial charge in [0.2, 0.25) is 0 Å². The van der Waals surface area contributed by atoms with Crippen molar-refractivity contribution >= 4 is 0 Å². The lowest BCUT2D eigenvalue weighted by atomic mass is 9.79. The van der Waals surface area contributed by atoms with E-state index in [9.17, 15) is 0 Å². The van der Waals surface area contributed by atoms with Crippen LogP contribution in [0.1, 0.15) is 57.2 Å². The molecule has 0 saturated heterocycles. The second kappa shape index (κ2) is 4.81. The van der Waals surface area contributed by atoms with Crippen molar-refractivity contribution in [1.82, 2.24) is 0 Å². The monoisotopic (exact) mass is 233 g/mol. The molecule has 2 N–H and O–H groups in total. The Hall–Kier alpha value is -0.820. The first kappa shape index (κ1) is 14.2. The normalized spacial score (nSPS) is 15.7. The molecule has 1 rings (SSSR count). The van der Waals surface area contributed by atoms with Gasteiger partial charge < -0.3 is 5.73 Å². The van der Waals surface area contributed by atoms with Gasteiger partial charge in [-0.1, -0.05) is 44.5 Å². The summed E-state index contributed by atoms with van der Waals surface area (Å²) in [5.41, 5.74) is 10.5. The van der Waals surface area contributed by atoms with Crippen LogP contribution in [0.15, 0.2) is 18.2 Å². The minimum atomic E-state index is -0.219. The highest BCUT2D eigenvalue weighted by atomic mass is 14.7. The minimum absolute atomic E-state index is 0.219. The molecule has 0 bridgehead atoms. The molecule has 0 aliphatic carbocycles. The number of nitrogens with two attached hydrogens (primary N) is 1. The van der Waals surface area contributed by atoms with Crippen LogP contribution in [-0.4, -0.2) is 0 Å². The van der Waals surface area contributed by atoms with E-state index in [2.05, 4.69) is 59.7 Å². The predicted octanol–water partition coefficient (Wildman–Crippen LogP) is 4.30. The van der Waals surface area contributed by atoms with Gasteiger partial charge in [-0.3, -0.25) is 0 Å². The minimum Gasteiger partial charge on any atom is -0.322 e. The van der Waals surface area contributed by atoms with E-state index < -0.39 is 0 Å². The van der Waals surface area contributed by atoms with Gasteiger partial charge in [-0.15, -0.1) is 0 Å². The molecule has 1 nitrogen and oxygen atoms in total. The predicted molar refractivity (Wildman–Crippen MR) is 76.1 cm³/mol. The molecule has 0 aliphatic heterocycles. The van der Waals surface area contributed by atoms with Gasteiger partial charge in [0.25, 0.3) is 0 Å². The number of benzene rings is 1. The van der Waals surface area contributed by atoms with Crippen LogP contribution in [-0.2, 0) is 5.54 Å². The van der Waals surface area contributed by atoms with Crippen LogP contribution in [0.2, 0.25) is 0 Å². The third-order valence-corrected chi connectivity index (χ3v) is 3.40. The van der Waals surface area contributed by atoms with E-state index in [-0.39, 0.29) is 5.54 Å². The van der Waals surface area contributed by atoms with Crippen molar-refractivity contribution < 1.29 is 0 Å². The maximum absolute atomic E-state index is 6.51. The average Bonchev–Trinajstić information content (AvgIpc) is 2.18. The maximum atomic E-state index is 6.51. The molecule has 1 aromatic rings. The standard InChI is InChI=1S/C16H27N/c1-12-7-8-13(2)14(11-12)16(6,17)10-9-15(3,4)5/h7-8,11H,9-10,17H2,1-6H3. The van der Waals surface area contributed by atoms with Gasteiger partial charge in [-0.2, -0.15) is 0 Å². The van der Waals surface area contributed by atoms with Gasteiger partial charge in [0, 0.05) is 5.54 Å². The van der Waals surface area contributed by atoms with Crippen LogP contribution < -0.4 is 5.73 Å². The molecule has 0 fully saturated rings. The fourth-order valence-electron chi connectivity index (χ4n) is 2.12. The maximum Gasteiger partial charge on any atom is 0.0383 e. The van der Waals surface area contributed by atoms with Crippen molar-refractivity contribution in [2.45, 2.75) is 59.9 Å². The van der Waals surface area contributed by atoms with Crippen molar-refractivity contribution in [3.8, 4) is 0 Å². The van der Waals surface area contributed by atoms with Gasteiger partial charge in [0.05, 0.1) is 0 Å². The molecule has 1 heteroatoms. The Morgan fingerprint density at radius 1 is 1.00 bits per heavy atom. The van der Waals surface area contributed by atoms with E-state index in [0.29, 0.717) is 5.41 Å². The smallest absolute Gasteiger partial charge is 0.0383 e. The summed E-state index contributed by atoms with van der Waals surface area (Å²) in [4.78, 5) is 0. The average molecular weight is 233 g/mol. The fraction of sp³-hybridized carbons (Fsp3) is 0.625. The summed E-state index contributed by atoms with van der Waals surface area (Å²) in [6.07, 6.45) is 2.17. The summed E-state index contributed by atoms with van der Waals surface area (Å²) in [5.74, 6) is 0. The number of hydrogen-bond acceptors (Lipinski definition) is 1. The molecule has 0 spiro atoms. The molecular weight excluding hydrogens is 206 g/mol. The topological polar surface area (TPSA) is 26.0 Å². The molecule has 1 atom stereocenters. The molecule has 96 valence electrons. The SMILES string of the molecule is Cc1ccc(C)c(C(C)(N)CCC(C)(C)C)c1. The van der Waals surface area contributed by atoms with Crippen molar-refractivity contribution in [2.24, 2.45) is 11.1 Å². The van der Waals surface area contributed by atoms with E-state index in [1.807, 2.05) is 0 Å². The molecule has 0 radical (unpaired) electrons. The third-order valence-electron chi connectivity index (χ3n) is 3.40. The Morgan fingerprint density at radius 3 is 2.12 bits per heavy atom. The lowest BCUT2D eigenvalue weighted by Gasteiger charge is -2.31. The van der Waals surface area contributed by atoms with Crippen molar-refractivity contribution in [3.05, 3.63) is 34.9 Å². The largest absolute Gasteiger partial charge is 0.322 e. The van der Waals surface area contributed by atoms with Crippen LogP contribution in [0, 0.1) is 19.3 Å². The first-order valence-corrected chi connectivity index (χ1v) is 6.48. The highest BCUT2D eigenvalue weighted by Crippen LogP contribution is 2.32. The third kappa shape index (κ3) is 4.16. The lowest BCUT2D eigenvalue weighted by molar-refractivity contribution is 0.306. The van der Waals surface area contributed by atoms with Crippen LogP contribution >= 0.6 is 0 Å². The molecule has 0 amide bonds. The molecule has 1 aromatic carbocycles. The molecule has 17 heavy (non-hydrogen) atoms. The Balaban J connectivity index is 2.92. The zero-order chi connectivity index (χ0) is 13.3. The second-order valence-electron chi connectivity index (χ2n) is 6.80. The van der Waals surface area contributed by atoms with Crippen molar-refractivity contribution in [2.75, 3.05) is 0 Å². The lowest BCUT2D eigenvalue weighted by Crippen LogP contribution is -2.35. The van der Waals surface area contributed by atoms with E-state index >= 15 is 0 Å². The van der Waals surface area contributed by atoms with Crippen molar-refractivity contribution in [3.63, 3.8) is 0 Å². The van der Waals surface area contributed by atoms with E-state index in [0.717, 1.165) is 12.8 Å². The van der Waals surface area contributed by atoms with Crippen LogP contribution in [0.5, 0.6) is 0 Å². The van der Waals surface area contributed by atoms with Gasteiger partial charge >= 0.3 is 0 Å². The Morgan fingerprint density at radius 2 is 1.59 bits per heavy atom. The van der Waals surface area contributed by atoms with E-state index in [1.54, 1.807) is 0 Å². The molecule has 0 aromatic heterocycles. The van der Waals surface area contributed by atoms with Gasteiger partial charge in [-0.05, 0) is 50.2 Å². The van der Waals surface area contributed by atoms with Gasteiger partial charge in [-0.25, -0.2) is 0 Å². The zero-order valence-electron chi connectivity index (χ0n) is 12.2. The summed E-state index contributed by atoms with van der Waals surface area (Å²) in [6, 6.07) is 6.56. The van der Waals surface area contributed by atoms with Crippen LogP contribution in [0.25, 0.3) is 0 Å². The highest BCUT2D eigenvalue weighted by Gasteiger charge is 2.25. The molecule has 1 unspecified atom stereocenters. The summed E-state index contributed by atoms with van der Waals surface area (Å²) in [7, 11) is 0. The van der Waals surface area contributed by atoms with Crippen LogP contribution in [0.3, 0.4) is 0 Å². The fourth-order valence-corrected chi connectivity index (χ4v) is 2.12. The second-order valence-corrected chi connectivity index (χ2v) is 6.80. The molecule has 0 saturated carbocycles. The van der Waals surface area contributed by atoms with E-state index in [4.69, 9.17) is 5.73 Å².